The van der Waals surface area contributed by atoms with Gasteiger partial charge in [0.05, 0.1) is 23.8 Å². The number of piperazine rings is 1. The van der Waals surface area contributed by atoms with Gasteiger partial charge in [0.25, 0.3) is 0 Å². The van der Waals surface area contributed by atoms with E-state index in [0.717, 1.165) is 43.5 Å². The number of sulfone groups is 1. The number of benzene rings is 1. The molecule has 1 atom stereocenters. The Morgan fingerprint density at radius 2 is 1.78 bits per heavy atom. The first kappa shape index (κ1) is 21.9. The summed E-state index contributed by atoms with van der Waals surface area (Å²) < 4.78 is 25.7. The lowest BCUT2D eigenvalue weighted by Crippen LogP contribution is -2.52. The van der Waals surface area contributed by atoms with Gasteiger partial charge in [-0.25, -0.2) is 8.42 Å². The number of carbonyl (C=O) groups excluding carboxylic acids is 1. The molecule has 2 saturated heterocycles. The summed E-state index contributed by atoms with van der Waals surface area (Å²) in [6, 6.07) is 10.4. The first-order chi connectivity index (χ1) is 15.5. The van der Waals surface area contributed by atoms with Crippen molar-refractivity contribution in [2.45, 2.75) is 42.9 Å². The van der Waals surface area contributed by atoms with Gasteiger partial charge in [-0.15, -0.1) is 10.2 Å². The normalized spacial score (nSPS) is 23.5. The zero-order valence-electron chi connectivity index (χ0n) is 18.1. The van der Waals surface area contributed by atoms with Crippen molar-refractivity contribution in [1.82, 2.24) is 24.6 Å². The Balaban J connectivity index is 1.17. The van der Waals surface area contributed by atoms with E-state index in [9.17, 15) is 13.2 Å². The summed E-state index contributed by atoms with van der Waals surface area (Å²) in [7, 11) is -2.88. The molecule has 1 saturated carbocycles. The van der Waals surface area contributed by atoms with Crippen LogP contribution in [0.15, 0.2) is 35.5 Å². The summed E-state index contributed by atoms with van der Waals surface area (Å²) in [6.45, 7) is 3.51. The second-order valence-corrected chi connectivity index (χ2v) is 12.1. The molecular weight excluding hydrogens is 446 g/mol. The SMILES string of the molecule is O=C(CSc1nnc(C2CC2)n1Cc1ccccc1)N1CCN([C@H]2CCS(=O)(=O)C2)CC1. The molecule has 3 fully saturated rings. The van der Waals surface area contributed by atoms with Crippen LogP contribution in [-0.4, -0.2) is 88.4 Å². The molecule has 1 amide bonds. The van der Waals surface area contributed by atoms with Crippen LogP contribution in [-0.2, 0) is 21.2 Å². The molecule has 2 aromatic rings. The second kappa shape index (κ2) is 9.15. The van der Waals surface area contributed by atoms with Crippen molar-refractivity contribution in [2.24, 2.45) is 0 Å². The maximum atomic E-state index is 12.9. The highest BCUT2D eigenvalue weighted by Gasteiger charge is 2.34. The van der Waals surface area contributed by atoms with Crippen LogP contribution in [0.1, 0.15) is 36.6 Å². The molecule has 32 heavy (non-hydrogen) atoms. The fourth-order valence-corrected chi connectivity index (χ4v) is 7.19. The molecule has 0 spiro atoms. The lowest BCUT2D eigenvalue weighted by atomic mass is 10.2. The number of hydrogen-bond acceptors (Lipinski definition) is 7. The number of carbonyl (C=O) groups is 1. The number of thioether (sulfide) groups is 1. The zero-order chi connectivity index (χ0) is 22.1. The quantitative estimate of drug-likeness (QED) is 0.563. The molecule has 10 heteroatoms. The molecule has 0 unspecified atom stereocenters. The maximum absolute atomic E-state index is 12.9. The highest BCUT2D eigenvalue weighted by molar-refractivity contribution is 7.99. The first-order valence-electron chi connectivity index (χ1n) is 11.3. The van der Waals surface area contributed by atoms with Crippen LogP contribution in [0, 0.1) is 0 Å². The second-order valence-electron chi connectivity index (χ2n) is 8.95. The summed E-state index contributed by atoms with van der Waals surface area (Å²) in [6.07, 6.45) is 3.03. The zero-order valence-corrected chi connectivity index (χ0v) is 19.7. The van der Waals surface area contributed by atoms with Gasteiger partial charge < -0.3 is 9.47 Å². The third-order valence-electron chi connectivity index (χ3n) is 6.59. The maximum Gasteiger partial charge on any atom is 0.233 e. The molecule has 3 aliphatic rings. The minimum absolute atomic E-state index is 0.107. The Morgan fingerprint density at radius 3 is 2.44 bits per heavy atom. The lowest BCUT2D eigenvalue weighted by Gasteiger charge is -2.37. The van der Waals surface area contributed by atoms with E-state index >= 15 is 0 Å². The Morgan fingerprint density at radius 1 is 1.03 bits per heavy atom. The average Bonchev–Trinajstić information content (AvgIpc) is 3.47. The van der Waals surface area contributed by atoms with E-state index in [1.54, 1.807) is 0 Å². The third-order valence-corrected chi connectivity index (χ3v) is 9.29. The van der Waals surface area contributed by atoms with E-state index in [1.807, 2.05) is 23.1 Å². The predicted molar refractivity (Wildman–Crippen MR) is 123 cm³/mol. The Bertz CT molecular complexity index is 1060. The minimum Gasteiger partial charge on any atom is -0.339 e. The van der Waals surface area contributed by atoms with Gasteiger partial charge in [0.1, 0.15) is 5.82 Å². The number of amides is 1. The van der Waals surface area contributed by atoms with Crippen LogP contribution < -0.4 is 0 Å². The molecule has 1 aromatic carbocycles. The van der Waals surface area contributed by atoms with Crippen LogP contribution in [0.3, 0.4) is 0 Å². The Hall–Kier alpha value is -1.91. The van der Waals surface area contributed by atoms with Crippen LogP contribution in [0.5, 0.6) is 0 Å². The van der Waals surface area contributed by atoms with E-state index in [-0.39, 0.29) is 17.7 Å². The molecule has 1 aliphatic carbocycles. The molecule has 2 aliphatic heterocycles. The highest BCUT2D eigenvalue weighted by Crippen LogP contribution is 2.40. The van der Waals surface area contributed by atoms with Crippen LogP contribution in [0.2, 0.25) is 0 Å². The molecule has 8 nitrogen and oxygen atoms in total. The number of nitrogens with zero attached hydrogens (tertiary/aromatic N) is 5. The van der Waals surface area contributed by atoms with Crippen LogP contribution in [0.25, 0.3) is 0 Å². The van der Waals surface area contributed by atoms with E-state index in [4.69, 9.17) is 0 Å². The molecule has 0 bridgehead atoms. The molecule has 0 radical (unpaired) electrons. The predicted octanol–water partition coefficient (Wildman–Crippen LogP) is 1.63. The van der Waals surface area contributed by atoms with Gasteiger partial charge in [0.15, 0.2) is 15.0 Å². The summed E-state index contributed by atoms with van der Waals surface area (Å²) in [4.78, 5) is 17.0. The van der Waals surface area contributed by atoms with Crippen molar-refractivity contribution >= 4 is 27.5 Å². The van der Waals surface area contributed by atoms with E-state index in [2.05, 4.69) is 31.8 Å². The van der Waals surface area contributed by atoms with Crippen molar-refractivity contribution in [3.8, 4) is 0 Å². The van der Waals surface area contributed by atoms with Crippen molar-refractivity contribution in [3.63, 3.8) is 0 Å². The summed E-state index contributed by atoms with van der Waals surface area (Å²) in [5.74, 6) is 2.52. The van der Waals surface area contributed by atoms with E-state index in [1.165, 1.54) is 17.3 Å². The highest BCUT2D eigenvalue weighted by atomic mass is 32.2. The molecular formula is C22H29N5O3S2. The van der Waals surface area contributed by atoms with Gasteiger partial charge in [0, 0.05) is 38.1 Å². The van der Waals surface area contributed by atoms with Crippen LogP contribution >= 0.6 is 11.8 Å². The average molecular weight is 476 g/mol. The van der Waals surface area contributed by atoms with Gasteiger partial charge in [-0.1, -0.05) is 42.1 Å². The third kappa shape index (κ3) is 5.02. The Kier molecular flexibility index (Phi) is 6.26. The smallest absolute Gasteiger partial charge is 0.233 e. The fourth-order valence-electron chi connectivity index (χ4n) is 4.58. The molecule has 1 aromatic heterocycles. The monoisotopic (exact) mass is 475 g/mol. The van der Waals surface area contributed by atoms with Crippen molar-refractivity contribution < 1.29 is 13.2 Å². The van der Waals surface area contributed by atoms with E-state index < -0.39 is 9.84 Å². The molecule has 0 N–H and O–H groups in total. The van der Waals surface area contributed by atoms with E-state index in [0.29, 0.717) is 36.9 Å². The van der Waals surface area contributed by atoms with Gasteiger partial charge in [-0.05, 0) is 24.8 Å². The number of rotatable bonds is 7. The van der Waals surface area contributed by atoms with Gasteiger partial charge in [-0.2, -0.15) is 0 Å². The lowest BCUT2D eigenvalue weighted by molar-refractivity contribution is -0.130. The first-order valence-corrected chi connectivity index (χ1v) is 14.1. The Labute approximate surface area is 193 Å². The molecule has 5 rings (SSSR count). The number of hydrogen-bond donors (Lipinski definition) is 0. The fraction of sp³-hybridized carbons (Fsp3) is 0.591. The van der Waals surface area contributed by atoms with Gasteiger partial charge in [-0.3, -0.25) is 9.69 Å². The topological polar surface area (TPSA) is 88.4 Å². The summed E-state index contributed by atoms with van der Waals surface area (Å²) >= 11 is 1.47. The number of aromatic nitrogens is 3. The largest absolute Gasteiger partial charge is 0.339 e. The summed E-state index contributed by atoms with van der Waals surface area (Å²) in [5.41, 5.74) is 1.20. The van der Waals surface area contributed by atoms with Crippen LogP contribution in [0.4, 0.5) is 0 Å². The standard InChI is InChI=1S/C22H29N5O3S2/c28-20(26-11-9-25(10-12-26)19-8-13-32(29,30)16-19)15-31-22-24-23-21(18-6-7-18)27(22)14-17-4-2-1-3-5-17/h1-5,18-19H,6-16H2/t19-/m0/s1. The van der Waals surface area contributed by atoms with Crippen molar-refractivity contribution in [3.05, 3.63) is 41.7 Å². The summed E-state index contributed by atoms with van der Waals surface area (Å²) in [5, 5.41) is 9.66. The van der Waals surface area contributed by atoms with Crippen molar-refractivity contribution in [2.75, 3.05) is 43.4 Å². The van der Waals surface area contributed by atoms with Gasteiger partial charge >= 0.3 is 0 Å². The van der Waals surface area contributed by atoms with Crippen molar-refractivity contribution in [1.29, 1.82) is 0 Å². The minimum atomic E-state index is -2.88. The molecule has 3 heterocycles. The van der Waals surface area contributed by atoms with Gasteiger partial charge in [0.2, 0.25) is 5.91 Å². The molecule has 172 valence electrons.